The summed E-state index contributed by atoms with van der Waals surface area (Å²) in [6.45, 7) is 1.01. The Hall–Kier alpha value is -1.03. The molecule has 0 spiro atoms. The Bertz CT molecular complexity index is 849. The predicted octanol–water partition coefficient (Wildman–Crippen LogP) is 3.44. The van der Waals surface area contributed by atoms with E-state index < -0.39 is 10.0 Å². The number of rotatable bonds is 5. The van der Waals surface area contributed by atoms with Gasteiger partial charge in [-0.2, -0.15) is 4.31 Å². The van der Waals surface area contributed by atoms with Crippen molar-refractivity contribution in [1.82, 2.24) is 14.5 Å². The number of hydrogen-bond acceptors (Lipinski definition) is 6. The standard InChI is InChI=1S/C16H19BrN4O2S2/c17-12-5-7-14(8-6-12)25(22,23)21-9-1-2-13(10-21)18-16-20-19-15(24-16)11-3-4-11/h5-8,11,13H,1-4,9-10H2,(H,18,20). The van der Waals surface area contributed by atoms with E-state index in [0.717, 1.165) is 27.5 Å². The minimum Gasteiger partial charge on any atom is -0.356 e. The number of piperidine rings is 1. The number of nitrogens with zero attached hydrogens (tertiary/aromatic N) is 3. The summed E-state index contributed by atoms with van der Waals surface area (Å²) in [5.74, 6) is 0.591. The lowest BCUT2D eigenvalue weighted by molar-refractivity contribution is 0.327. The van der Waals surface area contributed by atoms with Crippen molar-refractivity contribution in [3.05, 3.63) is 33.7 Å². The van der Waals surface area contributed by atoms with Gasteiger partial charge in [-0.15, -0.1) is 10.2 Å². The summed E-state index contributed by atoms with van der Waals surface area (Å²) in [4.78, 5) is 0.336. The van der Waals surface area contributed by atoms with Crippen molar-refractivity contribution >= 4 is 42.4 Å². The molecule has 0 radical (unpaired) electrons. The van der Waals surface area contributed by atoms with Crippen LogP contribution in [-0.2, 0) is 10.0 Å². The van der Waals surface area contributed by atoms with Gasteiger partial charge in [-0.1, -0.05) is 27.3 Å². The Morgan fingerprint density at radius 3 is 2.64 bits per heavy atom. The van der Waals surface area contributed by atoms with Crippen LogP contribution >= 0.6 is 27.3 Å². The second kappa shape index (κ2) is 6.94. The monoisotopic (exact) mass is 442 g/mol. The number of hydrogen-bond donors (Lipinski definition) is 1. The second-order valence-electron chi connectivity index (χ2n) is 6.52. The van der Waals surface area contributed by atoms with Gasteiger partial charge >= 0.3 is 0 Å². The third kappa shape index (κ3) is 3.89. The summed E-state index contributed by atoms with van der Waals surface area (Å²) in [5.41, 5.74) is 0. The van der Waals surface area contributed by atoms with Gasteiger partial charge in [-0.05, 0) is 49.9 Å². The highest BCUT2D eigenvalue weighted by Crippen LogP contribution is 2.42. The maximum atomic E-state index is 12.9. The van der Waals surface area contributed by atoms with Crippen molar-refractivity contribution in [2.24, 2.45) is 0 Å². The first-order chi connectivity index (χ1) is 12.0. The fraction of sp³-hybridized carbons (Fsp3) is 0.500. The number of anilines is 1. The first-order valence-corrected chi connectivity index (χ1v) is 11.4. The summed E-state index contributed by atoms with van der Waals surface area (Å²) in [7, 11) is -3.46. The van der Waals surface area contributed by atoms with E-state index in [1.807, 2.05) is 0 Å². The molecule has 2 fully saturated rings. The van der Waals surface area contributed by atoms with Crippen molar-refractivity contribution in [3.8, 4) is 0 Å². The molecular formula is C16H19BrN4O2S2. The zero-order chi connectivity index (χ0) is 17.4. The molecule has 1 atom stereocenters. The molecule has 1 aromatic heterocycles. The Balaban J connectivity index is 1.45. The zero-order valence-electron chi connectivity index (χ0n) is 13.6. The molecule has 1 saturated carbocycles. The van der Waals surface area contributed by atoms with Gasteiger partial charge in [0.15, 0.2) is 0 Å². The van der Waals surface area contributed by atoms with Crippen LogP contribution in [0.25, 0.3) is 0 Å². The van der Waals surface area contributed by atoms with Crippen molar-refractivity contribution in [3.63, 3.8) is 0 Å². The fourth-order valence-corrected chi connectivity index (χ4v) is 5.77. The van der Waals surface area contributed by atoms with Crippen molar-refractivity contribution < 1.29 is 8.42 Å². The quantitative estimate of drug-likeness (QED) is 0.767. The molecule has 6 nitrogen and oxygen atoms in total. The number of benzene rings is 1. The van der Waals surface area contributed by atoms with Gasteiger partial charge in [-0.25, -0.2) is 8.42 Å². The molecule has 2 heterocycles. The zero-order valence-corrected chi connectivity index (χ0v) is 16.8. The summed E-state index contributed by atoms with van der Waals surface area (Å²) in [6.07, 6.45) is 4.18. The Labute approximate surface area is 159 Å². The predicted molar refractivity (Wildman–Crippen MR) is 101 cm³/mol. The normalized spacial score (nSPS) is 22.0. The lowest BCUT2D eigenvalue weighted by atomic mass is 10.1. The van der Waals surface area contributed by atoms with E-state index in [-0.39, 0.29) is 6.04 Å². The number of aromatic nitrogens is 2. The molecule has 0 bridgehead atoms. The summed E-state index contributed by atoms with van der Waals surface area (Å²) in [6, 6.07) is 6.87. The number of nitrogens with one attached hydrogen (secondary N) is 1. The molecule has 4 rings (SSSR count). The highest BCUT2D eigenvalue weighted by Gasteiger charge is 2.31. The molecule has 0 amide bonds. The second-order valence-corrected chi connectivity index (χ2v) is 10.4. The minimum atomic E-state index is -3.46. The Morgan fingerprint density at radius 1 is 1.16 bits per heavy atom. The molecule has 2 aliphatic rings. The summed E-state index contributed by atoms with van der Waals surface area (Å²) in [5, 5.41) is 13.7. The van der Waals surface area contributed by atoms with Crippen LogP contribution in [0.4, 0.5) is 5.13 Å². The van der Waals surface area contributed by atoms with E-state index >= 15 is 0 Å². The van der Waals surface area contributed by atoms with Gasteiger partial charge < -0.3 is 5.32 Å². The highest BCUT2D eigenvalue weighted by atomic mass is 79.9. The highest BCUT2D eigenvalue weighted by molar-refractivity contribution is 9.10. The van der Waals surface area contributed by atoms with Crippen LogP contribution in [0, 0.1) is 0 Å². The summed E-state index contributed by atoms with van der Waals surface area (Å²) >= 11 is 4.94. The Morgan fingerprint density at radius 2 is 1.92 bits per heavy atom. The number of sulfonamides is 1. The molecular weight excluding hydrogens is 424 g/mol. The molecule has 1 unspecified atom stereocenters. The minimum absolute atomic E-state index is 0.0685. The van der Waals surface area contributed by atoms with Gasteiger partial charge in [0.2, 0.25) is 15.2 Å². The molecule has 1 aromatic carbocycles. The van der Waals surface area contributed by atoms with Crippen LogP contribution < -0.4 is 5.32 Å². The van der Waals surface area contributed by atoms with E-state index in [9.17, 15) is 8.42 Å². The van der Waals surface area contributed by atoms with E-state index in [1.165, 1.54) is 12.8 Å². The third-order valence-corrected chi connectivity index (χ3v) is 7.96. The average Bonchev–Trinajstić information content (AvgIpc) is 3.36. The lowest BCUT2D eigenvalue weighted by Crippen LogP contribution is -2.45. The maximum Gasteiger partial charge on any atom is 0.243 e. The van der Waals surface area contributed by atoms with E-state index in [1.54, 1.807) is 39.9 Å². The van der Waals surface area contributed by atoms with E-state index in [4.69, 9.17) is 0 Å². The average molecular weight is 443 g/mol. The van der Waals surface area contributed by atoms with Crippen LogP contribution in [0.1, 0.15) is 36.6 Å². The van der Waals surface area contributed by atoms with E-state index in [2.05, 4.69) is 31.4 Å². The van der Waals surface area contributed by atoms with E-state index in [0.29, 0.717) is 23.9 Å². The lowest BCUT2D eigenvalue weighted by Gasteiger charge is -2.32. The van der Waals surface area contributed by atoms with Crippen molar-refractivity contribution in [2.75, 3.05) is 18.4 Å². The molecule has 2 aromatic rings. The third-order valence-electron chi connectivity index (χ3n) is 4.53. The SMILES string of the molecule is O=S(=O)(c1ccc(Br)cc1)N1CCCC(Nc2nnc(C3CC3)s2)C1. The van der Waals surface area contributed by atoms with Crippen LogP contribution in [0.3, 0.4) is 0 Å². The van der Waals surface area contributed by atoms with Crippen LogP contribution in [0.15, 0.2) is 33.6 Å². The molecule has 1 aliphatic heterocycles. The van der Waals surface area contributed by atoms with Gasteiger partial charge in [0.1, 0.15) is 5.01 Å². The van der Waals surface area contributed by atoms with Gasteiger partial charge in [-0.3, -0.25) is 0 Å². The van der Waals surface area contributed by atoms with Crippen molar-refractivity contribution in [1.29, 1.82) is 0 Å². The molecule has 1 aliphatic carbocycles. The first-order valence-electron chi connectivity index (χ1n) is 8.38. The van der Waals surface area contributed by atoms with Gasteiger partial charge in [0.05, 0.1) is 4.90 Å². The largest absolute Gasteiger partial charge is 0.356 e. The first kappa shape index (κ1) is 17.4. The Kier molecular flexibility index (Phi) is 4.83. The number of halogens is 1. The molecule has 25 heavy (non-hydrogen) atoms. The fourth-order valence-electron chi connectivity index (χ4n) is 3.00. The molecule has 1 saturated heterocycles. The van der Waals surface area contributed by atoms with Crippen LogP contribution in [-0.4, -0.2) is 42.1 Å². The topological polar surface area (TPSA) is 75.2 Å². The summed E-state index contributed by atoms with van der Waals surface area (Å²) < 4.78 is 28.1. The molecule has 134 valence electrons. The van der Waals surface area contributed by atoms with Crippen LogP contribution in [0.2, 0.25) is 0 Å². The van der Waals surface area contributed by atoms with Crippen molar-refractivity contribution in [2.45, 2.75) is 42.5 Å². The maximum absolute atomic E-state index is 12.9. The van der Waals surface area contributed by atoms with Crippen LogP contribution in [0.5, 0.6) is 0 Å². The molecule has 9 heteroatoms. The molecule has 1 N–H and O–H groups in total. The van der Waals surface area contributed by atoms with Gasteiger partial charge in [0.25, 0.3) is 0 Å². The van der Waals surface area contributed by atoms with Gasteiger partial charge in [0, 0.05) is 29.5 Å². The smallest absolute Gasteiger partial charge is 0.243 e.